The van der Waals surface area contributed by atoms with Gasteiger partial charge in [-0.25, -0.2) is 14.5 Å². The van der Waals surface area contributed by atoms with Gasteiger partial charge in [0.2, 0.25) is 0 Å². The number of hydrogen-bond acceptors (Lipinski definition) is 2. The monoisotopic (exact) mass is 208 g/mol. The van der Waals surface area contributed by atoms with Crippen LogP contribution in [0.15, 0.2) is 30.3 Å². The molecule has 0 aromatic heterocycles. The standard InChI is InChI=1S/C10H12N2O3/c1-7(8-5-3-2-4-6-8)12(9(11)13)10(14)15/h2-7H,1H3,(H2,11,13)(H,14,15). The maximum Gasteiger partial charge on any atom is 0.416 e. The molecule has 0 fully saturated rings. The van der Waals surface area contributed by atoms with Crippen LogP contribution in [-0.2, 0) is 0 Å². The second-order valence-electron chi connectivity index (χ2n) is 3.08. The first-order valence-corrected chi connectivity index (χ1v) is 4.40. The Bertz CT molecular complexity index is 350. The van der Waals surface area contributed by atoms with Crippen LogP contribution in [0.5, 0.6) is 0 Å². The van der Waals surface area contributed by atoms with Gasteiger partial charge in [0.25, 0.3) is 0 Å². The molecule has 0 aliphatic carbocycles. The fourth-order valence-corrected chi connectivity index (χ4v) is 1.33. The molecule has 0 heterocycles. The first kappa shape index (κ1) is 11.0. The summed E-state index contributed by atoms with van der Waals surface area (Å²) in [5, 5.41) is 8.80. The number of rotatable bonds is 2. The lowest BCUT2D eigenvalue weighted by atomic mass is 10.1. The molecule has 3 N–H and O–H groups in total. The van der Waals surface area contributed by atoms with Gasteiger partial charge in [-0.05, 0) is 12.5 Å². The summed E-state index contributed by atoms with van der Waals surface area (Å²) in [4.78, 5) is 22.3. The summed E-state index contributed by atoms with van der Waals surface area (Å²) in [6.45, 7) is 1.61. The van der Waals surface area contributed by atoms with Crippen molar-refractivity contribution in [2.24, 2.45) is 5.73 Å². The van der Waals surface area contributed by atoms with Gasteiger partial charge in [-0.1, -0.05) is 30.3 Å². The lowest BCUT2D eigenvalue weighted by molar-refractivity contribution is 0.138. The summed E-state index contributed by atoms with van der Waals surface area (Å²) in [6, 6.07) is 7.28. The molecule has 0 aliphatic rings. The molecule has 1 aromatic carbocycles. The summed E-state index contributed by atoms with van der Waals surface area (Å²) in [5.41, 5.74) is 5.70. The average Bonchev–Trinajstić information content (AvgIpc) is 2.18. The molecule has 15 heavy (non-hydrogen) atoms. The minimum Gasteiger partial charge on any atom is -0.465 e. The van der Waals surface area contributed by atoms with Gasteiger partial charge in [0, 0.05) is 0 Å². The van der Waals surface area contributed by atoms with E-state index >= 15 is 0 Å². The quantitative estimate of drug-likeness (QED) is 0.777. The van der Waals surface area contributed by atoms with Crippen LogP contribution in [0.4, 0.5) is 9.59 Å². The number of amides is 3. The fourth-order valence-electron chi connectivity index (χ4n) is 1.33. The first-order valence-electron chi connectivity index (χ1n) is 4.40. The number of imide groups is 1. The SMILES string of the molecule is CC(c1ccccc1)N(C(N)=O)C(=O)O. The largest absolute Gasteiger partial charge is 0.465 e. The van der Waals surface area contributed by atoms with Crippen molar-refractivity contribution in [1.82, 2.24) is 4.90 Å². The second kappa shape index (κ2) is 4.45. The third-order valence-corrected chi connectivity index (χ3v) is 2.11. The van der Waals surface area contributed by atoms with Crippen LogP contribution in [0.1, 0.15) is 18.5 Å². The molecule has 3 amide bonds. The molecule has 0 aliphatic heterocycles. The maximum absolute atomic E-state index is 10.9. The minimum absolute atomic E-state index is 0.582. The van der Waals surface area contributed by atoms with E-state index in [9.17, 15) is 9.59 Å². The van der Waals surface area contributed by atoms with Gasteiger partial charge in [-0.2, -0.15) is 0 Å². The topological polar surface area (TPSA) is 83.6 Å². The van der Waals surface area contributed by atoms with Crippen LogP contribution >= 0.6 is 0 Å². The number of primary amides is 1. The van der Waals surface area contributed by atoms with E-state index in [1.54, 1.807) is 31.2 Å². The normalized spacial score (nSPS) is 11.8. The Kier molecular flexibility index (Phi) is 3.28. The molecule has 5 nitrogen and oxygen atoms in total. The molecule has 1 aromatic rings. The van der Waals surface area contributed by atoms with Crippen molar-refractivity contribution < 1.29 is 14.7 Å². The molecule has 0 radical (unpaired) electrons. The highest BCUT2D eigenvalue weighted by atomic mass is 16.4. The number of carboxylic acid groups (broad SMARTS) is 1. The highest BCUT2D eigenvalue weighted by Crippen LogP contribution is 2.19. The zero-order chi connectivity index (χ0) is 11.4. The van der Waals surface area contributed by atoms with Crippen LogP contribution in [0.25, 0.3) is 0 Å². The van der Waals surface area contributed by atoms with Crippen LogP contribution in [0, 0.1) is 0 Å². The van der Waals surface area contributed by atoms with E-state index < -0.39 is 18.2 Å². The molecule has 80 valence electrons. The summed E-state index contributed by atoms with van der Waals surface area (Å²) in [5.74, 6) is 0. The Morgan fingerprint density at radius 2 is 1.87 bits per heavy atom. The van der Waals surface area contributed by atoms with Crippen molar-refractivity contribution in [3.8, 4) is 0 Å². The molecule has 1 unspecified atom stereocenters. The van der Waals surface area contributed by atoms with Gasteiger partial charge in [0.15, 0.2) is 0 Å². The molecule has 0 bridgehead atoms. The van der Waals surface area contributed by atoms with Gasteiger partial charge in [0.1, 0.15) is 0 Å². The maximum atomic E-state index is 10.9. The average molecular weight is 208 g/mol. The molecule has 1 atom stereocenters. The van der Waals surface area contributed by atoms with E-state index in [2.05, 4.69) is 0 Å². The number of urea groups is 1. The number of nitrogens with two attached hydrogens (primary N) is 1. The molecule has 0 saturated heterocycles. The first-order chi connectivity index (χ1) is 7.04. The molecule has 1 rings (SSSR count). The van der Waals surface area contributed by atoms with E-state index in [0.29, 0.717) is 4.90 Å². The summed E-state index contributed by atoms with van der Waals surface area (Å²) >= 11 is 0. The van der Waals surface area contributed by atoms with E-state index in [0.717, 1.165) is 5.56 Å². The fraction of sp³-hybridized carbons (Fsp3) is 0.200. The highest BCUT2D eigenvalue weighted by molar-refractivity contribution is 5.89. The number of carbonyl (C=O) groups excluding carboxylic acids is 1. The molecular formula is C10H12N2O3. The Labute approximate surface area is 87.1 Å². The van der Waals surface area contributed by atoms with Crippen molar-refractivity contribution in [2.45, 2.75) is 13.0 Å². The van der Waals surface area contributed by atoms with Crippen molar-refractivity contribution in [3.05, 3.63) is 35.9 Å². The van der Waals surface area contributed by atoms with Crippen molar-refractivity contribution in [3.63, 3.8) is 0 Å². The van der Waals surface area contributed by atoms with Gasteiger partial charge < -0.3 is 10.8 Å². The summed E-state index contributed by atoms with van der Waals surface area (Å²) in [6.07, 6.45) is -1.35. The summed E-state index contributed by atoms with van der Waals surface area (Å²) in [7, 11) is 0. The molecule has 0 saturated carbocycles. The zero-order valence-corrected chi connectivity index (χ0v) is 8.25. The number of carbonyl (C=O) groups is 2. The van der Waals surface area contributed by atoms with Crippen LogP contribution in [0.2, 0.25) is 0 Å². The van der Waals surface area contributed by atoms with Gasteiger partial charge in [-0.15, -0.1) is 0 Å². The Morgan fingerprint density at radius 1 is 1.33 bits per heavy atom. The van der Waals surface area contributed by atoms with Crippen LogP contribution < -0.4 is 5.73 Å². The zero-order valence-electron chi connectivity index (χ0n) is 8.25. The Hall–Kier alpha value is -2.04. The number of nitrogens with zero attached hydrogens (tertiary/aromatic N) is 1. The van der Waals surface area contributed by atoms with Gasteiger partial charge in [-0.3, -0.25) is 0 Å². The number of hydrogen-bond donors (Lipinski definition) is 2. The Morgan fingerprint density at radius 3 is 2.27 bits per heavy atom. The summed E-state index contributed by atoms with van der Waals surface area (Å²) < 4.78 is 0. The predicted molar refractivity (Wildman–Crippen MR) is 54.3 cm³/mol. The lowest BCUT2D eigenvalue weighted by Gasteiger charge is -2.22. The van der Waals surface area contributed by atoms with E-state index in [-0.39, 0.29) is 0 Å². The van der Waals surface area contributed by atoms with Crippen molar-refractivity contribution in [1.29, 1.82) is 0 Å². The van der Waals surface area contributed by atoms with Crippen LogP contribution in [-0.4, -0.2) is 22.1 Å². The van der Waals surface area contributed by atoms with Crippen LogP contribution in [0.3, 0.4) is 0 Å². The number of benzene rings is 1. The van der Waals surface area contributed by atoms with E-state index in [1.165, 1.54) is 0 Å². The third-order valence-electron chi connectivity index (χ3n) is 2.11. The second-order valence-corrected chi connectivity index (χ2v) is 3.08. The van der Waals surface area contributed by atoms with E-state index in [1.807, 2.05) is 6.07 Å². The molecular weight excluding hydrogens is 196 g/mol. The van der Waals surface area contributed by atoms with E-state index in [4.69, 9.17) is 10.8 Å². The van der Waals surface area contributed by atoms with Crippen molar-refractivity contribution in [2.75, 3.05) is 0 Å². The van der Waals surface area contributed by atoms with Gasteiger partial charge >= 0.3 is 12.1 Å². The Balaban J connectivity index is 2.96. The van der Waals surface area contributed by atoms with Crippen molar-refractivity contribution >= 4 is 12.1 Å². The molecule has 5 heteroatoms. The molecule has 0 spiro atoms. The lowest BCUT2D eigenvalue weighted by Crippen LogP contribution is -2.41. The smallest absolute Gasteiger partial charge is 0.416 e. The predicted octanol–water partition coefficient (Wildman–Crippen LogP) is 1.81. The third kappa shape index (κ3) is 2.46. The van der Waals surface area contributed by atoms with Gasteiger partial charge in [0.05, 0.1) is 6.04 Å². The minimum atomic E-state index is -1.35. The highest BCUT2D eigenvalue weighted by Gasteiger charge is 2.25.